The van der Waals surface area contributed by atoms with Gasteiger partial charge < -0.3 is 16.2 Å². The molecule has 0 radical (unpaired) electrons. The first kappa shape index (κ1) is 20.1. The number of benzene rings is 1. The van der Waals surface area contributed by atoms with Crippen molar-refractivity contribution in [3.63, 3.8) is 0 Å². The Kier molecular flexibility index (Phi) is 8.11. The van der Waals surface area contributed by atoms with Crippen LogP contribution in [0.1, 0.15) is 37.0 Å². The van der Waals surface area contributed by atoms with E-state index in [4.69, 9.17) is 16.2 Å². The molecule has 0 unspecified atom stereocenters. The number of nitrogens with two attached hydrogens (primary N) is 2. The first-order chi connectivity index (χ1) is 11.9. The standard InChI is InChI=1S/C17H24N4O4/c1-12(2)25-16(24)14(9-6-10-20-17(18)19)21(11-22)15(23)13-7-4-3-5-8-13/h3-5,7-8,11-12,14H,6,9-10H2,1-2H3,(H4,18,19,20)/t14-/m0/s1. The number of carbonyl (C=O) groups excluding carboxylic acids is 3. The maximum absolute atomic E-state index is 12.6. The lowest BCUT2D eigenvalue weighted by molar-refractivity contribution is -0.154. The highest BCUT2D eigenvalue weighted by molar-refractivity contribution is 6.02. The van der Waals surface area contributed by atoms with Crippen LogP contribution in [0.4, 0.5) is 0 Å². The summed E-state index contributed by atoms with van der Waals surface area (Å²) in [6.45, 7) is 3.66. The van der Waals surface area contributed by atoms with E-state index >= 15 is 0 Å². The predicted molar refractivity (Wildman–Crippen MR) is 93.6 cm³/mol. The Morgan fingerprint density at radius 1 is 1.24 bits per heavy atom. The molecular formula is C17H24N4O4. The number of carbonyl (C=O) groups is 3. The monoisotopic (exact) mass is 348 g/mol. The first-order valence-electron chi connectivity index (χ1n) is 7.95. The average molecular weight is 348 g/mol. The Morgan fingerprint density at radius 3 is 2.40 bits per heavy atom. The molecule has 25 heavy (non-hydrogen) atoms. The summed E-state index contributed by atoms with van der Waals surface area (Å²) >= 11 is 0. The molecule has 1 rings (SSSR count). The van der Waals surface area contributed by atoms with Gasteiger partial charge >= 0.3 is 5.97 Å². The van der Waals surface area contributed by atoms with Crippen LogP contribution in [0.5, 0.6) is 0 Å². The highest BCUT2D eigenvalue weighted by Gasteiger charge is 2.31. The molecule has 1 atom stereocenters. The zero-order valence-electron chi connectivity index (χ0n) is 14.4. The Hall–Kier alpha value is -2.90. The molecule has 0 fully saturated rings. The van der Waals surface area contributed by atoms with E-state index in [1.54, 1.807) is 44.2 Å². The van der Waals surface area contributed by atoms with Crippen LogP contribution < -0.4 is 11.5 Å². The number of amides is 2. The number of rotatable bonds is 9. The predicted octanol–water partition coefficient (Wildman–Crippen LogP) is 0.659. The smallest absolute Gasteiger partial charge is 0.329 e. The number of esters is 1. The lowest BCUT2D eigenvalue weighted by atomic mass is 10.1. The summed E-state index contributed by atoms with van der Waals surface area (Å²) in [4.78, 5) is 41.1. The molecule has 8 nitrogen and oxygen atoms in total. The number of imide groups is 1. The lowest BCUT2D eigenvalue weighted by Crippen LogP contribution is -2.45. The van der Waals surface area contributed by atoms with Gasteiger partial charge in [0.1, 0.15) is 6.04 Å². The molecule has 0 aliphatic heterocycles. The minimum absolute atomic E-state index is 0.0612. The molecule has 4 N–H and O–H groups in total. The molecule has 8 heteroatoms. The molecule has 136 valence electrons. The topological polar surface area (TPSA) is 128 Å². The normalized spacial score (nSPS) is 11.5. The van der Waals surface area contributed by atoms with E-state index in [1.807, 2.05) is 0 Å². The van der Waals surface area contributed by atoms with Gasteiger partial charge in [0.05, 0.1) is 6.10 Å². The summed E-state index contributed by atoms with van der Waals surface area (Å²) in [5, 5.41) is 0. The lowest BCUT2D eigenvalue weighted by Gasteiger charge is -2.26. The van der Waals surface area contributed by atoms with Crippen molar-refractivity contribution in [1.29, 1.82) is 0 Å². The van der Waals surface area contributed by atoms with Gasteiger partial charge in [-0.3, -0.25) is 19.5 Å². The molecule has 0 aliphatic carbocycles. The maximum Gasteiger partial charge on any atom is 0.329 e. The van der Waals surface area contributed by atoms with Crippen molar-refractivity contribution in [3.8, 4) is 0 Å². The number of ether oxygens (including phenoxy) is 1. The van der Waals surface area contributed by atoms with E-state index in [2.05, 4.69) is 4.99 Å². The molecule has 0 aliphatic rings. The van der Waals surface area contributed by atoms with Crippen molar-refractivity contribution in [2.45, 2.75) is 38.8 Å². The minimum Gasteiger partial charge on any atom is -0.461 e. The van der Waals surface area contributed by atoms with Crippen LogP contribution in [0.25, 0.3) is 0 Å². The summed E-state index contributed by atoms with van der Waals surface area (Å²) in [6, 6.07) is 7.21. The van der Waals surface area contributed by atoms with E-state index in [-0.39, 0.29) is 25.0 Å². The molecule has 0 bridgehead atoms. The number of aliphatic imine (C=N–C) groups is 1. The van der Waals surface area contributed by atoms with Crippen molar-refractivity contribution < 1.29 is 19.1 Å². The largest absolute Gasteiger partial charge is 0.461 e. The van der Waals surface area contributed by atoms with Crippen LogP contribution in [0.15, 0.2) is 35.3 Å². The van der Waals surface area contributed by atoms with Gasteiger partial charge in [0, 0.05) is 12.1 Å². The average Bonchev–Trinajstić information content (AvgIpc) is 2.57. The van der Waals surface area contributed by atoms with Gasteiger partial charge in [-0.05, 0) is 38.8 Å². The second-order valence-electron chi connectivity index (χ2n) is 5.63. The molecule has 1 aromatic rings. The molecule has 2 amide bonds. The second kappa shape index (κ2) is 10.1. The van der Waals surface area contributed by atoms with Crippen LogP contribution in [0.2, 0.25) is 0 Å². The third-order valence-electron chi connectivity index (χ3n) is 3.26. The third-order valence-corrected chi connectivity index (χ3v) is 3.26. The van der Waals surface area contributed by atoms with Crippen molar-refractivity contribution in [2.75, 3.05) is 6.54 Å². The summed E-state index contributed by atoms with van der Waals surface area (Å²) in [5.41, 5.74) is 10.8. The molecule has 0 aromatic heterocycles. The van der Waals surface area contributed by atoms with Gasteiger partial charge in [0.2, 0.25) is 6.41 Å². The third kappa shape index (κ3) is 6.62. The van der Waals surface area contributed by atoms with Gasteiger partial charge in [-0.1, -0.05) is 18.2 Å². The van der Waals surface area contributed by atoms with E-state index in [0.29, 0.717) is 18.4 Å². The Labute approximate surface area is 146 Å². The number of hydrogen-bond donors (Lipinski definition) is 2. The number of guanidine groups is 1. The fraction of sp³-hybridized carbons (Fsp3) is 0.412. The van der Waals surface area contributed by atoms with Crippen LogP contribution in [0, 0.1) is 0 Å². The van der Waals surface area contributed by atoms with Crippen molar-refractivity contribution in [1.82, 2.24) is 4.90 Å². The van der Waals surface area contributed by atoms with E-state index in [9.17, 15) is 14.4 Å². The van der Waals surface area contributed by atoms with Gasteiger partial charge in [-0.2, -0.15) is 0 Å². The van der Waals surface area contributed by atoms with E-state index in [1.165, 1.54) is 0 Å². The van der Waals surface area contributed by atoms with Crippen LogP contribution in [-0.2, 0) is 14.3 Å². The molecule has 0 saturated heterocycles. The molecule has 0 heterocycles. The number of hydrogen-bond acceptors (Lipinski definition) is 5. The SMILES string of the molecule is CC(C)OC(=O)[C@H](CCCN=C(N)N)N(C=O)C(=O)c1ccccc1. The highest BCUT2D eigenvalue weighted by Crippen LogP contribution is 2.14. The first-order valence-corrected chi connectivity index (χ1v) is 7.95. The van der Waals surface area contributed by atoms with Crippen LogP contribution >= 0.6 is 0 Å². The Balaban J connectivity index is 2.96. The summed E-state index contributed by atoms with van der Waals surface area (Å²) in [6.07, 6.45) is 0.581. The van der Waals surface area contributed by atoms with E-state index < -0.39 is 17.9 Å². The van der Waals surface area contributed by atoms with Crippen molar-refractivity contribution >= 4 is 24.2 Å². The molecule has 1 aromatic carbocycles. The second-order valence-corrected chi connectivity index (χ2v) is 5.63. The van der Waals surface area contributed by atoms with Crippen LogP contribution in [0.3, 0.4) is 0 Å². The van der Waals surface area contributed by atoms with Crippen LogP contribution in [-0.4, -0.2) is 47.8 Å². The summed E-state index contributed by atoms with van der Waals surface area (Å²) in [7, 11) is 0. The summed E-state index contributed by atoms with van der Waals surface area (Å²) < 4.78 is 5.18. The zero-order valence-corrected chi connectivity index (χ0v) is 14.4. The van der Waals surface area contributed by atoms with Crippen molar-refractivity contribution in [3.05, 3.63) is 35.9 Å². The molecule has 0 saturated carbocycles. The van der Waals surface area contributed by atoms with Crippen molar-refractivity contribution in [2.24, 2.45) is 16.5 Å². The Bertz CT molecular complexity index is 612. The van der Waals surface area contributed by atoms with Gasteiger partial charge in [0.15, 0.2) is 5.96 Å². The maximum atomic E-state index is 12.6. The van der Waals surface area contributed by atoms with E-state index in [0.717, 1.165) is 4.90 Å². The van der Waals surface area contributed by atoms with Gasteiger partial charge in [-0.15, -0.1) is 0 Å². The fourth-order valence-corrected chi connectivity index (χ4v) is 2.17. The zero-order chi connectivity index (χ0) is 18.8. The number of nitrogens with zero attached hydrogens (tertiary/aromatic N) is 2. The van der Waals surface area contributed by atoms with Gasteiger partial charge in [-0.25, -0.2) is 4.79 Å². The molecular weight excluding hydrogens is 324 g/mol. The minimum atomic E-state index is -1.04. The summed E-state index contributed by atoms with van der Waals surface area (Å²) in [5.74, 6) is -1.27. The fourth-order valence-electron chi connectivity index (χ4n) is 2.17. The van der Waals surface area contributed by atoms with Gasteiger partial charge in [0.25, 0.3) is 5.91 Å². The quantitative estimate of drug-likeness (QED) is 0.222. The Morgan fingerprint density at radius 2 is 1.88 bits per heavy atom. The highest BCUT2D eigenvalue weighted by atomic mass is 16.5. The molecule has 0 spiro atoms.